The molecule has 0 spiro atoms. The number of ether oxygens (including phenoxy) is 1. The maximum absolute atomic E-state index is 13.1. The van der Waals surface area contributed by atoms with Gasteiger partial charge >= 0.3 is 24.1 Å². The summed E-state index contributed by atoms with van der Waals surface area (Å²) in [6.45, 7) is -0.323. The fourth-order valence-electron chi connectivity index (χ4n) is 3.34. The average molecular weight is 499 g/mol. The van der Waals surface area contributed by atoms with Gasteiger partial charge in [0.25, 0.3) is 5.56 Å². The van der Waals surface area contributed by atoms with Crippen LogP contribution in [-0.4, -0.2) is 23.7 Å². The summed E-state index contributed by atoms with van der Waals surface area (Å²) in [4.78, 5) is 33.1. The first-order valence-corrected chi connectivity index (χ1v) is 9.81. The molecule has 8 nitrogen and oxygen atoms in total. The number of alkyl halides is 6. The lowest BCUT2D eigenvalue weighted by atomic mass is 10.2. The van der Waals surface area contributed by atoms with E-state index in [4.69, 9.17) is 4.74 Å². The zero-order valence-corrected chi connectivity index (χ0v) is 18.0. The Hall–Kier alpha value is -4.10. The maximum atomic E-state index is 13.1. The molecule has 3 heterocycles. The van der Waals surface area contributed by atoms with Crippen molar-refractivity contribution >= 4 is 11.2 Å². The van der Waals surface area contributed by atoms with Gasteiger partial charge in [-0.3, -0.25) is 23.5 Å². The number of rotatable bonds is 4. The molecule has 0 aliphatic heterocycles. The first kappa shape index (κ1) is 24.0. The number of pyridine rings is 1. The third kappa shape index (κ3) is 4.50. The largest absolute Gasteiger partial charge is 0.425 e. The minimum absolute atomic E-state index is 0.0714. The summed E-state index contributed by atoms with van der Waals surface area (Å²) in [6, 6.07) is 5.40. The number of fused-ring (bicyclic) bond motifs is 1. The molecule has 0 radical (unpaired) electrons. The molecule has 0 saturated carbocycles. The number of hydrogen-bond acceptors (Lipinski definition) is 5. The highest BCUT2D eigenvalue weighted by atomic mass is 19.4. The lowest BCUT2D eigenvalue weighted by Gasteiger charge is -2.12. The first-order chi connectivity index (χ1) is 16.3. The van der Waals surface area contributed by atoms with Gasteiger partial charge in [0.1, 0.15) is 5.75 Å². The fraction of sp³-hybridized carbons (Fsp3) is 0.238. The van der Waals surface area contributed by atoms with Crippen molar-refractivity contribution in [1.82, 2.24) is 23.7 Å². The zero-order chi connectivity index (χ0) is 25.7. The van der Waals surface area contributed by atoms with Gasteiger partial charge in [-0.15, -0.1) is 0 Å². The van der Waals surface area contributed by atoms with Crippen LogP contribution < -0.4 is 16.0 Å². The highest BCUT2D eigenvalue weighted by Crippen LogP contribution is 2.33. The highest BCUT2D eigenvalue weighted by molar-refractivity contribution is 5.72. The molecule has 0 saturated heterocycles. The van der Waals surface area contributed by atoms with Gasteiger partial charge < -0.3 is 4.74 Å². The summed E-state index contributed by atoms with van der Waals surface area (Å²) in [5, 5.41) is 0. The summed E-state index contributed by atoms with van der Waals surface area (Å²) in [7, 11) is 2.54. The molecule has 1 aromatic carbocycles. The molecule has 0 aliphatic rings. The van der Waals surface area contributed by atoms with Gasteiger partial charge in [0.2, 0.25) is 0 Å². The van der Waals surface area contributed by atoms with Gasteiger partial charge in [0.05, 0.1) is 23.4 Å². The van der Waals surface area contributed by atoms with Crippen molar-refractivity contribution in [3.8, 4) is 11.8 Å². The zero-order valence-electron chi connectivity index (χ0n) is 18.0. The summed E-state index contributed by atoms with van der Waals surface area (Å²) in [5.41, 5.74) is -3.71. The topological polar surface area (TPSA) is 83.9 Å². The molecular weight excluding hydrogens is 484 g/mol. The molecule has 0 atom stereocenters. The number of halogens is 6. The van der Waals surface area contributed by atoms with Crippen LogP contribution >= 0.6 is 0 Å². The molecule has 0 N–H and O–H groups in total. The van der Waals surface area contributed by atoms with Crippen LogP contribution in [0.25, 0.3) is 11.2 Å². The minimum atomic E-state index is -4.65. The molecule has 0 aliphatic carbocycles. The summed E-state index contributed by atoms with van der Waals surface area (Å²) in [5.74, 6) is -0.265. The van der Waals surface area contributed by atoms with Gasteiger partial charge in [0, 0.05) is 20.3 Å². The molecule has 184 valence electrons. The van der Waals surface area contributed by atoms with E-state index in [1.807, 2.05) is 0 Å². The van der Waals surface area contributed by atoms with Crippen molar-refractivity contribution in [3.63, 3.8) is 0 Å². The van der Waals surface area contributed by atoms with Crippen molar-refractivity contribution < 1.29 is 31.1 Å². The predicted molar refractivity (Wildman–Crippen MR) is 110 cm³/mol. The van der Waals surface area contributed by atoms with E-state index in [0.717, 1.165) is 44.0 Å². The summed E-state index contributed by atoms with van der Waals surface area (Å²) < 4.78 is 86.4. The van der Waals surface area contributed by atoms with Crippen molar-refractivity contribution in [3.05, 3.63) is 80.3 Å². The molecule has 14 heteroatoms. The van der Waals surface area contributed by atoms with E-state index in [-0.39, 0.29) is 35.2 Å². The molecule has 0 bridgehead atoms. The normalized spacial score (nSPS) is 12.3. The Labute approximate surface area is 191 Å². The number of aryl methyl sites for hydroxylation is 1. The van der Waals surface area contributed by atoms with Crippen molar-refractivity contribution in [2.24, 2.45) is 14.1 Å². The molecule has 4 rings (SSSR count). The maximum Gasteiger partial charge on any atom is 0.417 e. The van der Waals surface area contributed by atoms with Crippen LogP contribution in [0.15, 0.2) is 52.2 Å². The van der Waals surface area contributed by atoms with Crippen LogP contribution in [0.1, 0.15) is 16.8 Å². The van der Waals surface area contributed by atoms with Gasteiger partial charge in [-0.1, -0.05) is 6.07 Å². The highest BCUT2D eigenvalue weighted by Gasteiger charge is 2.32. The standard InChI is InChI=1S/C21H15F6N5O3/c1-30-16-15(17(33)31(2)19(30)34)32(10-13-7-6-12(9-28-13)21(25,26)27)18(29-16)35-14-5-3-4-11(8-14)20(22,23)24/h3-9H,10H2,1-2H3. The third-order valence-electron chi connectivity index (χ3n) is 5.16. The number of hydrogen-bond donors (Lipinski definition) is 0. The second-order valence-corrected chi connectivity index (χ2v) is 7.52. The SMILES string of the molecule is Cn1c(=O)c2c(nc(Oc3cccc(C(F)(F)F)c3)n2Cc2ccc(C(F)(F)F)cn2)n(C)c1=O. The van der Waals surface area contributed by atoms with E-state index < -0.39 is 34.7 Å². The number of benzene rings is 1. The van der Waals surface area contributed by atoms with Gasteiger partial charge in [-0.2, -0.15) is 31.3 Å². The van der Waals surface area contributed by atoms with E-state index in [2.05, 4.69) is 9.97 Å². The van der Waals surface area contributed by atoms with E-state index >= 15 is 0 Å². The van der Waals surface area contributed by atoms with Crippen LogP contribution in [0, 0.1) is 0 Å². The Morgan fingerprint density at radius 3 is 2.20 bits per heavy atom. The lowest BCUT2D eigenvalue weighted by Crippen LogP contribution is -2.37. The monoisotopic (exact) mass is 499 g/mol. The average Bonchev–Trinajstić information content (AvgIpc) is 3.13. The van der Waals surface area contributed by atoms with Gasteiger partial charge in [-0.05, 0) is 30.3 Å². The molecule has 0 amide bonds. The molecule has 0 unspecified atom stereocenters. The Kier molecular flexibility index (Phi) is 5.69. The lowest BCUT2D eigenvalue weighted by molar-refractivity contribution is -0.138. The minimum Gasteiger partial charge on any atom is -0.425 e. The Balaban J connectivity index is 1.87. The van der Waals surface area contributed by atoms with Crippen molar-refractivity contribution in [2.45, 2.75) is 18.9 Å². The fourth-order valence-corrected chi connectivity index (χ4v) is 3.34. The molecule has 0 fully saturated rings. The van der Waals surface area contributed by atoms with E-state index in [1.165, 1.54) is 20.2 Å². The van der Waals surface area contributed by atoms with E-state index in [1.54, 1.807) is 0 Å². The smallest absolute Gasteiger partial charge is 0.417 e. The predicted octanol–water partition coefficient (Wildman–Crippen LogP) is 3.71. The van der Waals surface area contributed by atoms with Crippen LogP contribution in [-0.2, 0) is 33.0 Å². The van der Waals surface area contributed by atoms with Crippen LogP contribution in [0.3, 0.4) is 0 Å². The Morgan fingerprint density at radius 2 is 1.60 bits per heavy atom. The number of nitrogens with zero attached hydrogens (tertiary/aromatic N) is 5. The van der Waals surface area contributed by atoms with Crippen LogP contribution in [0.2, 0.25) is 0 Å². The molecular formula is C21H15F6N5O3. The first-order valence-electron chi connectivity index (χ1n) is 9.81. The quantitative estimate of drug-likeness (QED) is 0.400. The van der Waals surface area contributed by atoms with Gasteiger partial charge in [0.15, 0.2) is 11.2 Å². The molecule has 35 heavy (non-hydrogen) atoms. The second-order valence-electron chi connectivity index (χ2n) is 7.52. The number of imidazole rings is 1. The second kappa shape index (κ2) is 8.29. The van der Waals surface area contributed by atoms with Gasteiger partial charge in [-0.25, -0.2) is 4.79 Å². The molecule has 3 aromatic heterocycles. The van der Waals surface area contributed by atoms with E-state index in [0.29, 0.717) is 6.20 Å². The summed E-state index contributed by atoms with van der Waals surface area (Å²) in [6.07, 6.45) is -8.65. The Bertz CT molecular complexity index is 1530. The Morgan fingerprint density at radius 1 is 0.914 bits per heavy atom. The number of aromatic nitrogens is 5. The van der Waals surface area contributed by atoms with E-state index in [9.17, 15) is 35.9 Å². The summed E-state index contributed by atoms with van der Waals surface area (Å²) >= 11 is 0. The van der Waals surface area contributed by atoms with Crippen molar-refractivity contribution in [1.29, 1.82) is 0 Å². The van der Waals surface area contributed by atoms with Crippen LogP contribution in [0.4, 0.5) is 26.3 Å². The third-order valence-corrected chi connectivity index (χ3v) is 5.16. The molecule has 4 aromatic rings. The van der Waals surface area contributed by atoms with Crippen LogP contribution in [0.5, 0.6) is 11.8 Å². The van der Waals surface area contributed by atoms with Crippen molar-refractivity contribution in [2.75, 3.05) is 0 Å².